The standard InChI is InChI=1S/C22H22N4O4/c1-22(15-7-3-2-4-8-15)20(29)26(21(30)25-22)13-18(27)23-17-9-5-6-14(12-17)19(28)24-16-10-11-16/h2-9,12,16H,10-11,13H2,1H3,(H,23,27)(H,24,28)(H,25,30). The van der Waals surface area contributed by atoms with Crippen LogP contribution in [0.5, 0.6) is 0 Å². The second kappa shape index (κ2) is 7.62. The molecule has 8 heteroatoms. The number of benzene rings is 2. The number of nitrogens with zero attached hydrogens (tertiary/aromatic N) is 1. The van der Waals surface area contributed by atoms with Gasteiger partial charge in [-0.2, -0.15) is 0 Å². The fraction of sp³-hybridized carbons (Fsp3) is 0.273. The van der Waals surface area contributed by atoms with Gasteiger partial charge in [0.1, 0.15) is 12.1 Å². The lowest BCUT2D eigenvalue weighted by Crippen LogP contribution is -2.42. The van der Waals surface area contributed by atoms with Crippen LogP contribution in [0.1, 0.15) is 35.7 Å². The van der Waals surface area contributed by atoms with Crippen molar-refractivity contribution in [3.05, 3.63) is 65.7 Å². The van der Waals surface area contributed by atoms with Crippen LogP contribution in [0.3, 0.4) is 0 Å². The predicted octanol–water partition coefficient (Wildman–Crippen LogP) is 1.98. The van der Waals surface area contributed by atoms with Crippen LogP contribution >= 0.6 is 0 Å². The van der Waals surface area contributed by atoms with Crippen LogP contribution < -0.4 is 16.0 Å². The summed E-state index contributed by atoms with van der Waals surface area (Å²) >= 11 is 0. The lowest BCUT2D eigenvalue weighted by Gasteiger charge is -2.22. The molecular formula is C22H22N4O4. The fourth-order valence-electron chi connectivity index (χ4n) is 3.39. The molecule has 1 saturated carbocycles. The van der Waals surface area contributed by atoms with Crippen LogP contribution in [0, 0.1) is 0 Å². The normalized spacial score (nSPS) is 20.6. The van der Waals surface area contributed by atoms with E-state index in [1.165, 1.54) is 0 Å². The molecule has 1 aliphatic heterocycles. The lowest BCUT2D eigenvalue weighted by atomic mass is 9.92. The maximum absolute atomic E-state index is 12.9. The Morgan fingerprint density at radius 3 is 2.53 bits per heavy atom. The molecule has 0 aromatic heterocycles. The first-order valence-electron chi connectivity index (χ1n) is 9.77. The van der Waals surface area contributed by atoms with E-state index in [2.05, 4.69) is 16.0 Å². The molecule has 5 amide bonds. The molecule has 154 valence electrons. The van der Waals surface area contributed by atoms with E-state index in [1.54, 1.807) is 55.5 Å². The average molecular weight is 406 g/mol. The van der Waals surface area contributed by atoms with Gasteiger partial charge in [0, 0.05) is 17.3 Å². The highest BCUT2D eigenvalue weighted by molar-refractivity contribution is 6.10. The number of hydrogen-bond donors (Lipinski definition) is 3. The summed E-state index contributed by atoms with van der Waals surface area (Å²) in [6, 6.07) is 15.0. The molecule has 1 unspecified atom stereocenters. The third-order valence-electron chi connectivity index (χ3n) is 5.25. The second-order valence-corrected chi connectivity index (χ2v) is 7.69. The van der Waals surface area contributed by atoms with Crippen LogP contribution in [0.15, 0.2) is 54.6 Å². The van der Waals surface area contributed by atoms with Crippen LogP contribution in [0.2, 0.25) is 0 Å². The van der Waals surface area contributed by atoms with Gasteiger partial charge in [0.25, 0.3) is 11.8 Å². The second-order valence-electron chi connectivity index (χ2n) is 7.69. The first kappa shape index (κ1) is 19.6. The van der Waals surface area contributed by atoms with E-state index >= 15 is 0 Å². The number of anilines is 1. The summed E-state index contributed by atoms with van der Waals surface area (Å²) in [6.45, 7) is 1.19. The Labute approximate surface area is 173 Å². The summed E-state index contributed by atoms with van der Waals surface area (Å²) in [7, 11) is 0. The summed E-state index contributed by atoms with van der Waals surface area (Å²) in [5.41, 5.74) is 0.271. The molecule has 0 bridgehead atoms. The van der Waals surface area contributed by atoms with Crippen molar-refractivity contribution >= 4 is 29.4 Å². The van der Waals surface area contributed by atoms with E-state index < -0.39 is 29.9 Å². The van der Waals surface area contributed by atoms with Crippen LogP contribution in [0.25, 0.3) is 0 Å². The van der Waals surface area contributed by atoms with Crippen molar-refractivity contribution in [3.8, 4) is 0 Å². The van der Waals surface area contributed by atoms with Gasteiger partial charge in [-0.05, 0) is 43.5 Å². The molecule has 0 radical (unpaired) electrons. The molecule has 1 aliphatic carbocycles. The number of rotatable bonds is 6. The van der Waals surface area contributed by atoms with Crippen LogP contribution in [-0.2, 0) is 15.1 Å². The molecule has 8 nitrogen and oxygen atoms in total. The maximum atomic E-state index is 12.9. The van der Waals surface area contributed by atoms with Gasteiger partial charge in [0.05, 0.1) is 0 Å². The molecule has 30 heavy (non-hydrogen) atoms. The Balaban J connectivity index is 1.42. The van der Waals surface area contributed by atoms with Crippen molar-refractivity contribution in [3.63, 3.8) is 0 Å². The number of carbonyl (C=O) groups is 4. The number of carbonyl (C=O) groups excluding carboxylic acids is 4. The van der Waals surface area contributed by atoms with Gasteiger partial charge in [-0.15, -0.1) is 0 Å². The van der Waals surface area contributed by atoms with Crippen molar-refractivity contribution in [2.24, 2.45) is 0 Å². The highest BCUT2D eigenvalue weighted by Crippen LogP contribution is 2.28. The van der Waals surface area contributed by atoms with Gasteiger partial charge in [0.2, 0.25) is 5.91 Å². The smallest absolute Gasteiger partial charge is 0.325 e. The number of urea groups is 1. The van der Waals surface area contributed by atoms with Gasteiger partial charge >= 0.3 is 6.03 Å². The first-order valence-corrected chi connectivity index (χ1v) is 9.77. The van der Waals surface area contributed by atoms with Gasteiger partial charge in [-0.3, -0.25) is 19.3 Å². The van der Waals surface area contributed by atoms with Crippen molar-refractivity contribution in [2.75, 3.05) is 11.9 Å². The topological polar surface area (TPSA) is 108 Å². The van der Waals surface area contributed by atoms with Gasteiger partial charge < -0.3 is 16.0 Å². The molecule has 1 heterocycles. The molecule has 4 rings (SSSR count). The minimum absolute atomic E-state index is 0.193. The monoisotopic (exact) mass is 406 g/mol. The zero-order chi connectivity index (χ0) is 21.3. The zero-order valence-electron chi connectivity index (χ0n) is 16.5. The number of imide groups is 1. The summed E-state index contributed by atoms with van der Waals surface area (Å²) in [5.74, 6) is -1.22. The Morgan fingerprint density at radius 2 is 1.83 bits per heavy atom. The largest absolute Gasteiger partial charge is 0.349 e. The highest BCUT2D eigenvalue weighted by atomic mass is 16.2. The summed E-state index contributed by atoms with van der Waals surface area (Å²) < 4.78 is 0. The van der Waals surface area contributed by atoms with E-state index in [-0.39, 0.29) is 11.9 Å². The van der Waals surface area contributed by atoms with Crippen LogP contribution in [-0.4, -0.2) is 41.2 Å². The van der Waals surface area contributed by atoms with Crippen LogP contribution in [0.4, 0.5) is 10.5 Å². The van der Waals surface area contributed by atoms with E-state index in [4.69, 9.17) is 0 Å². The Hall–Kier alpha value is -3.68. The third-order valence-corrected chi connectivity index (χ3v) is 5.25. The molecule has 2 aromatic carbocycles. The lowest BCUT2D eigenvalue weighted by molar-refractivity contribution is -0.133. The van der Waals surface area contributed by atoms with Crippen molar-refractivity contribution in [2.45, 2.75) is 31.3 Å². The van der Waals surface area contributed by atoms with E-state index in [1.807, 2.05) is 6.07 Å². The maximum Gasteiger partial charge on any atom is 0.325 e. The fourth-order valence-corrected chi connectivity index (χ4v) is 3.39. The van der Waals surface area contributed by atoms with Gasteiger partial charge in [-0.25, -0.2) is 4.79 Å². The quantitative estimate of drug-likeness (QED) is 0.638. The minimum Gasteiger partial charge on any atom is -0.349 e. The Kier molecular flexibility index (Phi) is 4.99. The molecule has 2 fully saturated rings. The van der Waals surface area contributed by atoms with Crippen molar-refractivity contribution < 1.29 is 19.2 Å². The molecule has 2 aromatic rings. The van der Waals surface area contributed by atoms with Gasteiger partial charge in [0.15, 0.2) is 0 Å². The molecule has 2 aliphatic rings. The Morgan fingerprint density at radius 1 is 1.10 bits per heavy atom. The van der Waals surface area contributed by atoms with E-state index in [0.717, 1.165) is 17.7 Å². The van der Waals surface area contributed by atoms with Crippen molar-refractivity contribution in [1.82, 2.24) is 15.5 Å². The first-order chi connectivity index (χ1) is 14.4. The highest BCUT2D eigenvalue weighted by Gasteiger charge is 2.49. The molecule has 1 atom stereocenters. The van der Waals surface area contributed by atoms with Gasteiger partial charge in [-0.1, -0.05) is 36.4 Å². The summed E-state index contributed by atoms with van der Waals surface area (Å²) in [6.07, 6.45) is 1.96. The summed E-state index contributed by atoms with van der Waals surface area (Å²) in [4.78, 5) is 50.8. The number of amides is 5. The number of hydrogen-bond acceptors (Lipinski definition) is 4. The predicted molar refractivity (Wildman–Crippen MR) is 110 cm³/mol. The zero-order valence-corrected chi connectivity index (χ0v) is 16.5. The summed E-state index contributed by atoms with van der Waals surface area (Å²) in [5, 5.41) is 8.20. The van der Waals surface area contributed by atoms with E-state index in [9.17, 15) is 19.2 Å². The van der Waals surface area contributed by atoms with Crippen molar-refractivity contribution in [1.29, 1.82) is 0 Å². The molecule has 3 N–H and O–H groups in total. The molecule has 1 saturated heterocycles. The Bertz CT molecular complexity index is 1020. The SMILES string of the molecule is CC1(c2ccccc2)NC(=O)N(CC(=O)Nc2cccc(C(=O)NC3CC3)c2)C1=O. The minimum atomic E-state index is -1.22. The average Bonchev–Trinajstić information content (AvgIpc) is 3.52. The molecule has 0 spiro atoms. The number of nitrogens with one attached hydrogen (secondary N) is 3. The third kappa shape index (κ3) is 3.89. The molecular weight excluding hydrogens is 384 g/mol. The van der Waals surface area contributed by atoms with E-state index in [0.29, 0.717) is 16.8 Å².